The molecule has 0 aliphatic heterocycles. The summed E-state index contributed by atoms with van der Waals surface area (Å²) in [6.07, 6.45) is 0.820. The Morgan fingerprint density at radius 1 is 1.38 bits per heavy atom. The molecule has 0 aliphatic rings. The zero-order valence-electron chi connectivity index (χ0n) is 8.16. The molecule has 0 unspecified atom stereocenters. The van der Waals surface area contributed by atoms with Crippen molar-refractivity contribution in [3.63, 3.8) is 0 Å². The number of phenolic OH excluding ortho intramolecular Hbond substituents is 1. The molecule has 0 amide bonds. The standard InChI is InChI=1S/C11H14O2/c1-7(2)11-8(3)9(6-12)4-5-10(11)13/h4-7,13H,1-3H3. The zero-order valence-corrected chi connectivity index (χ0v) is 8.16. The van der Waals surface area contributed by atoms with E-state index in [0.29, 0.717) is 5.56 Å². The van der Waals surface area contributed by atoms with Gasteiger partial charge in [0, 0.05) is 11.1 Å². The van der Waals surface area contributed by atoms with Crippen LogP contribution in [0.5, 0.6) is 5.75 Å². The van der Waals surface area contributed by atoms with Gasteiger partial charge in [-0.25, -0.2) is 0 Å². The first kappa shape index (κ1) is 9.78. The molecule has 0 bridgehead atoms. The Morgan fingerprint density at radius 3 is 2.46 bits per heavy atom. The van der Waals surface area contributed by atoms with Crippen LogP contribution in [0.3, 0.4) is 0 Å². The lowest BCUT2D eigenvalue weighted by atomic mass is 9.94. The summed E-state index contributed by atoms with van der Waals surface area (Å²) in [5, 5.41) is 9.57. The summed E-state index contributed by atoms with van der Waals surface area (Å²) in [5.41, 5.74) is 2.40. The fourth-order valence-electron chi connectivity index (χ4n) is 1.59. The molecule has 0 radical (unpaired) electrons. The van der Waals surface area contributed by atoms with Crippen LogP contribution in [0.1, 0.15) is 41.3 Å². The maximum Gasteiger partial charge on any atom is 0.150 e. The van der Waals surface area contributed by atoms with E-state index in [1.807, 2.05) is 20.8 Å². The number of rotatable bonds is 2. The van der Waals surface area contributed by atoms with Crippen LogP contribution >= 0.6 is 0 Å². The van der Waals surface area contributed by atoms with E-state index in [0.717, 1.165) is 17.4 Å². The first-order chi connectivity index (χ1) is 6.07. The smallest absolute Gasteiger partial charge is 0.150 e. The summed E-state index contributed by atoms with van der Waals surface area (Å²) in [7, 11) is 0. The molecule has 2 nitrogen and oxygen atoms in total. The highest BCUT2D eigenvalue weighted by atomic mass is 16.3. The van der Waals surface area contributed by atoms with Gasteiger partial charge in [0.05, 0.1) is 0 Å². The molecule has 1 N–H and O–H groups in total. The quantitative estimate of drug-likeness (QED) is 0.707. The highest BCUT2D eigenvalue weighted by molar-refractivity contribution is 5.78. The molecule has 1 aromatic rings. The van der Waals surface area contributed by atoms with E-state index in [1.165, 1.54) is 0 Å². The normalized spacial score (nSPS) is 10.5. The number of phenols is 1. The second-order valence-corrected chi connectivity index (χ2v) is 3.49. The third-order valence-corrected chi connectivity index (χ3v) is 2.24. The van der Waals surface area contributed by atoms with Crippen LogP contribution in [0.25, 0.3) is 0 Å². The van der Waals surface area contributed by atoms with E-state index in [1.54, 1.807) is 12.1 Å². The molecule has 0 aromatic heterocycles. The van der Waals surface area contributed by atoms with Crippen LogP contribution < -0.4 is 0 Å². The topological polar surface area (TPSA) is 37.3 Å². The lowest BCUT2D eigenvalue weighted by Gasteiger charge is -2.13. The summed E-state index contributed by atoms with van der Waals surface area (Å²) < 4.78 is 0. The first-order valence-electron chi connectivity index (χ1n) is 4.35. The average molecular weight is 178 g/mol. The second-order valence-electron chi connectivity index (χ2n) is 3.49. The third-order valence-electron chi connectivity index (χ3n) is 2.24. The summed E-state index contributed by atoms with van der Waals surface area (Å²) in [6.45, 7) is 5.85. The van der Waals surface area contributed by atoms with E-state index in [-0.39, 0.29) is 11.7 Å². The van der Waals surface area contributed by atoms with Gasteiger partial charge in [0.1, 0.15) is 12.0 Å². The van der Waals surface area contributed by atoms with Crippen LogP contribution in [0, 0.1) is 6.92 Å². The zero-order chi connectivity index (χ0) is 10.0. The largest absolute Gasteiger partial charge is 0.508 e. The van der Waals surface area contributed by atoms with Gasteiger partial charge in [-0.2, -0.15) is 0 Å². The van der Waals surface area contributed by atoms with Crippen LogP contribution in [-0.2, 0) is 0 Å². The molecule has 1 aromatic carbocycles. The molecular weight excluding hydrogens is 164 g/mol. The minimum atomic E-state index is 0.236. The Bertz CT molecular complexity index is 327. The molecule has 0 saturated carbocycles. The maximum absolute atomic E-state index is 10.6. The monoisotopic (exact) mass is 178 g/mol. The number of aromatic hydroxyl groups is 1. The number of benzene rings is 1. The van der Waals surface area contributed by atoms with Crippen molar-refractivity contribution >= 4 is 6.29 Å². The summed E-state index contributed by atoms with van der Waals surface area (Å²) in [5.74, 6) is 0.512. The Hall–Kier alpha value is -1.31. The minimum absolute atomic E-state index is 0.236. The molecule has 0 atom stereocenters. The third kappa shape index (κ3) is 1.72. The van der Waals surface area contributed by atoms with Crippen LogP contribution in [0.15, 0.2) is 12.1 Å². The highest BCUT2D eigenvalue weighted by Gasteiger charge is 2.11. The Labute approximate surface area is 78.2 Å². The van der Waals surface area contributed by atoms with Crippen LogP contribution in [-0.4, -0.2) is 11.4 Å². The van der Waals surface area contributed by atoms with Crippen molar-refractivity contribution in [1.82, 2.24) is 0 Å². The van der Waals surface area contributed by atoms with Gasteiger partial charge in [-0.15, -0.1) is 0 Å². The molecule has 13 heavy (non-hydrogen) atoms. The van der Waals surface area contributed by atoms with Gasteiger partial charge >= 0.3 is 0 Å². The van der Waals surface area contributed by atoms with Gasteiger partial charge in [0.25, 0.3) is 0 Å². The molecule has 0 heterocycles. The van der Waals surface area contributed by atoms with Crippen molar-refractivity contribution in [2.45, 2.75) is 26.7 Å². The van der Waals surface area contributed by atoms with E-state index in [4.69, 9.17) is 0 Å². The molecule has 0 fully saturated rings. The molecule has 0 aliphatic carbocycles. The first-order valence-corrected chi connectivity index (χ1v) is 4.35. The second kappa shape index (κ2) is 3.60. The van der Waals surface area contributed by atoms with Crippen molar-refractivity contribution in [2.24, 2.45) is 0 Å². The van der Waals surface area contributed by atoms with E-state index in [2.05, 4.69) is 0 Å². The number of aldehydes is 1. The summed E-state index contributed by atoms with van der Waals surface area (Å²) in [6, 6.07) is 3.22. The SMILES string of the molecule is Cc1c(C=O)ccc(O)c1C(C)C. The van der Waals surface area contributed by atoms with E-state index < -0.39 is 0 Å². The van der Waals surface area contributed by atoms with Gasteiger partial charge < -0.3 is 5.11 Å². The number of hydrogen-bond acceptors (Lipinski definition) is 2. The fourth-order valence-corrected chi connectivity index (χ4v) is 1.59. The van der Waals surface area contributed by atoms with Crippen molar-refractivity contribution in [3.05, 3.63) is 28.8 Å². The van der Waals surface area contributed by atoms with Gasteiger partial charge in [0.2, 0.25) is 0 Å². The maximum atomic E-state index is 10.6. The van der Waals surface area contributed by atoms with Gasteiger partial charge in [-0.05, 0) is 30.5 Å². The Balaban J connectivity index is 3.38. The van der Waals surface area contributed by atoms with Gasteiger partial charge in [0.15, 0.2) is 0 Å². The predicted octanol–water partition coefficient (Wildman–Crippen LogP) is 2.64. The Kier molecular flexibility index (Phi) is 2.71. The van der Waals surface area contributed by atoms with Crippen molar-refractivity contribution in [1.29, 1.82) is 0 Å². The Morgan fingerprint density at radius 2 is 2.00 bits per heavy atom. The van der Waals surface area contributed by atoms with Crippen molar-refractivity contribution < 1.29 is 9.90 Å². The molecular formula is C11H14O2. The lowest BCUT2D eigenvalue weighted by molar-refractivity contribution is 0.112. The van der Waals surface area contributed by atoms with Crippen molar-refractivity contribution in [3.8, 4) is 5.75 Å². The summed E-state index contributed by atoms with van der Waals surface area (Å²) >= 11 is 0. The fraction of sp³-hybridized carbons (Fsp3) is 0.364. The molecule has 2 heteroatoms. The van der Waals surface area contributed by atoms with Crippen LogP contribution in [0.2, 0.25) is 0 Å². The highest BCUT2D eigenvalue weighted by Crippen LogP contribution is 2.29. The summed E-state index contributed by atoms with van der Waals surface area (Å²) in [4.78, 5) is 10.6. The molecule has 1 rings (SSSR count). The predicted molar refractivity (Wildman–Crippen MR) is 52.3 cm³/mol. The van der Waals surface area contributed by atoms with Crippen LogP contribution in [0.4, 0.5) is 0 Å². The number of carbonyl (C=O) groups excluding carboxylic acids is 1. The molecule has 0 saturated heterocycles. The lowest BCUT2D eigenvalue weighted by Crippen LogP contribution is -1.97. The number of carbonyl (C=O) groups is 1. The molecule has 0 spiro atoms. The van der Waals surface area contributed by atoms with Crippen molar-refractivity contribution in [2.75, 3.05) is 0 Å². The van der Waals surface area contributed by atoms with E-state index in [9.17, 15) is 9.90 Å². The van der Waals surface area contributed by atoms with Gasteiger partial charge in [-0.3, -0.25) is 4.79 Å². The average Bonchev–Trinajstić information content (AvgIpc) is 2.04. The minimum Gasteiger partial charge on any atom is -0.508 e. The number of hydrogen-bond donors (Lipinski definition) is 1. The molecule has 70 valence electrons. The van der Waals surface area contributed by atoms with E-state index >= 15 is 0 Å². The van der Waals surface area contributed by atoms with Gasteiger partial charge in [-0.1, -0.05) is 13.8 Å².